The van der Waals surface area contributed by atoms with E-state index in [1.165, 1.54) is 10.9 Å². The predicted molar refractivity (Wildman–Crippen MR) is 51.9 cm³/mol. The molecule has 1 aliphatic rings. The number of sulfone groups is 1. The fourth-order valence-corrected chi connectivity index (χ4v) is 3.27. The third-order valence-electron chi connectivity index (χ3n) is 2.79. The topological polar surface area (TPSA) is 81.9 Å². The Morgan fingerprint density at radius 2 is 2.00 bits per heavy atom. The van der Waals surface area contributed by atoms with Crippen LogP contribution in [-0.4, -0.2) is 41.2 Å². The average molecular weight is 229 g/mol. The van der Waals surface area contributed by atoms with Gasteiger partial charge in [-0.05, 0) is 12.8 Å². The Morgan fingerprint density at radius 1 is 1.33 bits per heavy atom. The number of aromatic nitrogens is 3. The fourth-order valence-electron chi connectivity index (χ4n) is 1.74. The van der Waals surface area contributed by atoms with Crippen molar-refractivity contribution < 1.29 is 13.2 Å². The molecule has 2 heterocycles. The van der Waals surface area contributed by atoms with Crippen LogP contribution in [0.25, 0.3) is 0 Å². The maximum atomic E-state index is 11.3. The molecule has 7 heteroatoms. The summed E-state index contributed by atoms with van der Waals surface area (Å²) in [5, 5.41) is 7.40. The van der Waals surface area contributed by atoms with Crippen LogP contribution in [0.5, 0.6) is 0 Å². The SMILES string of the molecule is O=CC1(n2ccnn2)CCS(=O)(=O)CC1. The van der Waals surface area contributed by atoms with Gasteiger partial charge in [-0.25, -0.2) is 13.1 Å². The van der Waals surface area contributed by atoms with Gasteiger partial charge in [0, 0.05) is 6.20 Å². The average Bonchev–Trinajstić information content (AvgIpc) is 2.72. The summed E-state index contributed by atoms with van der Waals surface area (Å²) in [6.45, 7) is 0. The number of hydrogen-bond acceptors (Lipinski definition) is 5. The van der Waals surface area contributed by atoms with Gasteiger partial charge in [-0.15, -0.1) is 5.10 Å². The molecular weight excluding hydrogens is 218 g/mol. The lowest BCUT2D eigenvalue weighted by Crippen LogP contribution is -2.43. The van der Waals surface area contributed by atoms with Crippen molar-refractivity contribution in [3.63, 3.8) is 0 Å². The molecule has 1 saturated heterocycles. The molecule has 1 fully saturated rings. The largest absolute Gasteiger partial charge is 0.301 e. The molecule has 0 aliphatic carbocycles. The van der Waals surface area contributed by atoms with E-state index in [0.717, 1.165) is 6.29 Å². The smallest absolute Gasteiger partial charge is 0.150 e. The van der Waals surface area contributed by atoms with Gasteiger partial charge >= 0.3 is 0 Å². The third-order valence-corrected chi connectivity index (χ3v) is 4.44. The van der Waals surface area contributed by atoms with Crippen LogP contribution in [0.2, 0.25) is 0 Å². The molecule has 2 rings (SSSR count). The van der Waals surface area contributed by atoms with E-state index in [9.17, 15) is 13.2 Å². The zero-order valence-corrected chi connectivity index (χ0v) is 8.85. The zero-order valence-electron chi connectivity index (χ0n) is 8.04. The summed E-state index contributed by atoms with van der Waals surface area (Å²) >= 11 is 0. The second-order valence-corrected chi connectivity index (χ2v) is 6.02. The van der Waals surface area contributed by atoms with Gasteiger partial charge in [0.15, 0.2) is 9.84 Å². The first-order valence-electron chi connectivity index (χ1n) is 4.62. The number of rotatable bonds is 2. The first-order chi connectivity index (χ1) is 7.08. The summed E-state index contributed by atoms with van der Waals surface area (Å²) in [5.41, 5.74) is -0.818. The van der Waals surface area contributed by atoms with Gasteiger partial charge in [0.25, 0.3) is 0 Å². The molecule has 0 radical (unpaired) electrons. The van der Waals surface area contributed by atoms with E-state index >= 15 is 0 Å². The van der Waals surface area contributed by atoms with Gasteiger partial charge in [0.2, 0.25) is 0 Å². The van der Waals surface area contributed by atoms with Gasteiger partial charge in [-0.3, -0.25) is 0 Å². The van der Waals surface area contributed by atoms with Gasteiger partial charge in [-0.2, -0.15) is 0 Å². The van der Waals surface area contributed by atoms with Crippen molar-refractivity contribution in [1.29, 1.82) is 0 Å². The molecule has 0 unspecified atom stereocenters. The number of carbonyl (C=O) groups excluding carboxylic acids is 1. The van der Waals surface area contributed by atoms with E-state index in [0.29, 0.717) is 0 Å². The molecule has 1 aliphatic heterocycles. The summed E-state index contributed by atoms with van der Waals surface area (Å²) < 4.78 is 24.0. The van der Waals surface area contributed by atoms with Crippen molar-refractivity contribution in [3.8, 4) is 0 Å². The van der Waals surface area contributed by atoms with Crippen LogP contribution in [-0.2, 0) is 20.2 Å². The molecule has 0 amide bonds. The minimum Gasteiger partial charge on any atom is -0.301 e. The molecule has 15 heavy (non-hydrogen) atoms. The lowest BCUT2D eigenvalue weighted by Gasteiger charge is -2.31. The third kappa shape index (κ3) is 1.79. The molecule has 0 bridgehead atoms. The molecule has 82 valence electrons. The Kier molecular flexibility index (Phi) is 2.34. The van der Waals surface area contributed by atoms with E-state index in [4.69, 9.17) is 0 Å². The van der Waals surface area contributed by atoms with Crippen LogP contribution in [0, 0.1) is 0 Å². The molecular formula is C8H11N3O3S. The van der Waals surface area contributed by atoms with Crippen LogP contribution in [0.1, 0.15) is 12.8 Å². The Balaban J connectivity index is 2.30. The maximum absolute atomic E-state index is 11.3. The summed E-state index contributed by atoms with van der Waals surface area (Å²) in [5.74, 6) is 0.0667. The molecule has 0 spiro atoms. The van der Waals surface area contributed by atoms with Gasteiger partial charge in [0.1, 0.15) is 11.8 Å². The molecule has 0 N–H and O–H groups in total. The fraction of sp³-hybridized carbons (Fsp3) is 0.625. The molecule has 0 aromatic carbocycles. The van der Waals surface area contributed by atoms with Crippen molar-refractivity contribution in [1.82, 2.24) is 15.0 Å². The Labute approximate surface area is 87.2 Å². The highest BCUT2D eigenvalue weighted by Gasteiger charge is 2.39. The first kappa shape index (κ1) is 10.3. The highest BCUT2D eigenvalue weighted by Crippen LogP contribution is 2.28. The minimum atomic E-state index is -2.98. The highest BCUT2D eigenvalue weighted by molar-refractivity contribution is 7.91. The van der Waals surface area contributed by atoms with Crippen molar-refractivity contribution in [2.24, 2.45) is 0 Å². The monoisotopic (exact) mass is 229 g/mol. The van der Waals surface area contributed by atoms with E-state index in [-0.39, 0.29) is 24.3 Å². The van der Waals surface area contributed by atoms with E-state index in [2.05, 4.69) is 10.3 Å². The van der Waals surface area contributed by atoms with Gasteiger partial charge in [0.05, 0.1) is 17.7 Å². The standard InChI is InChI=1S/C8H11N3O3S/c12-7-8(11-4-3-9-10-11)1-5-15(13,14)6-2-8/h3-4,7H,1-2,5-6H2. The summed E-state index contributed by atoms with van der Waals surface area (Å²) in [6, 6.07) is 0. The predicted octanol–water partition coefficient (Wildman–Crippen LogP) is -0.619. The lowest BCUT2D eigenvalue weighted by molar-refractivity contribution is -0.116. The van der Waals surface area contributed by atoms with Gasteiger partial charge in [-0.1, -0.05) is 5.21 Å². The van der Waals surface area contributed by atoms with Crippen LogP contribution < -0.4 is 0 Å². The van der Waals surface area contributed by atoms with Crippen LogP contribution in [0.4, 0.5) is 0 Å². The minimum absolute atomic E-state index is 0.0333. The van der Waals surface area contributed by atoms with Crippen LogP contribution in [0.15, 0.2) is 12.4 Å². The van der Waals surface area contributed by atoms with Crippen molar-refractivity contribution in [3.05, 3.63) is 12.4 Å². The second-order valence-electron chi connectivity index (χ2n) is 3.72. The summed E-state index contributed by atoms with van der Waals surface area (Å²) in [7, 11) is -2.98. The number of aldehydes is 1. The first-order valence-corrected chi connectivity index (χ1v) is 6.44. The van der Waals surface area contributed by atoms with E-state index in [1.807, 2.05) is 0 Å². The molecule has 6 nitrogen and oxygen atoms in total. The summed E-state index contributed by atoms with van der Waals surface area (Å²) in [4.78, 5) is 11.1. The maximum Gasteiger partial charge on any atom is 0.150 e. The van der Waals surface area contributed by atoms with Crippen LogP contribution >= 0.6 is 0 Å². The number of carbonyl (C=O) groups is 1. The van der Waals surface area contributed by atoms with Crippen molar-refractivity contribution in [2.45, 2.75) is 18.4 Å². The highest BCUT2D eigenvalue weighted by atomic mass is 32.2. The van der Waals surface area contributed by atoms with E-state index in [1.54, 1.807) is 6.20 Å². The quantitative estimate of drug-likeness (QED) is 0.631. The Morgan fingerprint density at radius 3 is 2.47 bits per heavy atom. The molecule has 1 aromatic heterocycles. The molecule has 1 aromatic rings. The summed E-state index contributed by atoms with van der Waals surface area (Å²) in [6.07, 6.45) is 4.40. The second kappa shape index (κ2) is 3.41. The number of hydrogen-bond donors (Lipinski definition) is 0. The molecule has 0 atom stereocenters. The Hall–Kier alpha value is -1.24. The van der Waals surface area contributed by atoms with Crippen molar-refractivity contribution in [2.75, 3.05) is 11.5 Å². The van der Waals surface area contributed by atoms with Crippen LogP contribution in [0.3, 0.4) is 0 Å². The zero-order chi connectivity index (χ0) is 10.9. The van der Waals surface area contributed by atoms with Gasteiger partial charge < -0.3 is 4.79 Å². The lowest BCUT2D eigenvalue weighted by atomic mass is 9.94. The molecule has 0 saturated carbocycles. The van der Waals surface area contributed by atoms with Crippen molar-refractivity contribution >= 4 is 16.1 Å². The Bertz CT molecular complexity index is 437. The normalized spacial score (nSPS) is 23.5. The number of nitrogens with zero attached hydrogens (tertiary/aromatic N) is 3. The van der Waals surface area contributed by atoms with E-state index < -0.39 is 15.4 Å².